The second-order valence-corrected chi connectivity index (χ2v) is 6.60. The minimum Gasteiger partial charge on any atom is -0.375 e. The van der Waals surface area contributed by atoms with Gasteiger partial charge in [-0.2, -0.15) is 0 Å². The predicted octanol–water partition coefficient (Wildman–Crippen LogP) is 3.25. The highest BCUT2D eigenvalue weighted by Crippen LogP contribution is 2.33. The largest absolute Gasteiger partial charge is 0.375 e. The van der Waals surface area contributed by atoms with Gasteiger partial charge in [0.2, 0.25) is 0 Å². The summed E-state index contributed by atoms with van der Waals surface area (Å²) in [6, 6.07) is 0. The molecule has 0 amide bonds. The van der Waals surface area contributed by atoms with Crippen molar-refractivity contribution >= 4 is 11.3 Å². The number of aromatic nitrogens is 1. The van der Waals surface area contributed by atoms with E-state index in [0.29, 0.717) is 0 Å². The molecule has 0 spiro atoms. The van der Waals surface area contributed by atoms with Crippen LogP contribution >= 0.6 is 11.3 Å². The lowest BCUT2D eigenvalue weighted by Crippen LogP contribution is -2.20. The molecule has 1 saturated heterocycles. The Morgan fingerprint density at radius 2 is 2.05 bits per heavy atom. The number of likely N-dealkylation sites (tertiary alicyclic amines) is 1. The van der Waals surface area contributed by atoms with Gasteiger partial charge in [0.15, 0.2) is 0 Å². The van der Waals surface area contributed by atoms with E-state index in [9.17, 15) is 0 Å². The smallest absolute Gasteiger partial charge is 0.122 e. The van der Waals surface area contributed by atoms with Crippen molar-refractivity contribution in [2.45, 2.75) is 32.4 Å². The first-order chi connectivity index (χ1) is 9.26. The molecular formula is C15H22N2OS. The molecule has 104 valence electrons. The molecule has 2 aliphatic rings. The summed E-state index contributed by atoms with van der Waals surface area (Å²) in [4.78, 5) is 7.27. The van der Waals surface area contributed by atoms with Gasteiger partial charge in [0.25, 0.3) is 0 Å². The zero-order valence-electron chi connectivity index (χ0n) is 11.7. The summed E-state index contributed by atoms with van der Waals surface area (Å²) in [6.07, 6.45) is 7.36. The molecule has 0 aromatic carbocycles. The summed E-state index contributed by atoms with van der Waals surface area (Å²) in [5.41, 5.74) is 1.20. The summed E-state index contributed by atoms with van der Waals surface area (Å²) in [5, 5.41) is 3.28. The average molecular weight is 278 g/mol. The van der Waals surface area contributed by atoms with Crippen LogP contribution < -0.4 is 0 Å². The molecule has 1 fully saturated rings. The Balaban J connectivity index is 1.59. The molecule has 1 aromatic rings. The molecule has 0 radical (unpaired) electrons. The number of methoxy groups -OCH3 is 1. The van der Waals surface area contributed by atoms with E-state index in [2.05, 4.69) is 29.4 Å². The van der Waals surface area contributed by atoms with E-state index < -0.39 is 0 Å². The van der Waals surface area contributed by atoms with Crippen LogP contribution in [0.15, 0.2) is 17.5 Å². The van der Waals surface area contributed by atoms with Crippen LogP contribution in [0.25, 0.3) is 0 Å². The number of thiazole rings is 1. The summed E-state index contributed by atoms with van der Waals surface area (Å²) in [7, 11) is 1.74. The van der Waals surface area contributed by atoms with Crippen molar-refractivity contribution in [3.05, 3.63) is 28.2 Å². The van der Waals surface area contributed by atoms with E-state index in [1.807, 2.05) is 0 Å². The maximum absolute atomic E-state index is 5.32. The van der Waals surface area contributed by atoms with Crippen LogP contribution in [-0.4, -0.2) is 30.1 Å². The lowest BCUT2D eigenvalue weighted by molar-refractivity contribution is 0.119. The minimum atomic E-state index is 0.115. The average Bonchev–Trinajstić information content (AvgIpc) is 3.04. The van der Waals surface area contributed by atoms with Crippen molar-refractivity contribution < 1.29 is 4.74 Å². The molecule has 1 aliphatic carbocycles. The molecule has 0 saturated carbocycles. The highest BCUT2D eigenvalue weighted by molar-refractivity contribution is 7.09. The highest BCUT2D eigenvalue weighted by Gasteiger charge is 2.32. The minimum absolute atomic E-state index is 0.115. The highest BCUT2D eigenvalue weighted by atomic mass is 32.1. The van der Waals surface area contributed by atoms with E-state index in [1.165, 1.54) is 31.6 Å². The molecule has 0 bridgehead atoms. The van der Waals surface area contributed by atoms with E-state index in [4.69, 9.17) is 9.72 Å². The van der Waals surface area contributed by atoms with Gasteiger partial charge in [-0.15, -0.1) is 11.3 Å². The fourth-order valence-corrected chi connectivity index (χ4v) is 3.99. The summed E-state index contributed by atoms with van der Waals surface area (Å²) >= 11 is 1.72. The number of fused-ring (bicyclic) bond motifs is 1. The monoisotopic (exact) mass is 278 g/mol. The van der Waals surface area contributed by atoms with Crippen molar-refractivity contribution in [2.24, 2.45) is 11.8 Å². The van der Waals surface area contributed by atoms with Gasteiger partial charge in [0, 0.05) is 32.1 Å². The fourth-order valence-electron chi connectivity index (χ4n) is 3.15. The SMILES string of the molecule is CO[C@H](C)c1nc(CN2C[C@H]3CC=CC[C@H]3C2)cs1. The molecule has 0 unspecified atom stereocenters. The quantitative estimate of drug-likeness (QED) is 0.791. The standard InChI is InChI=1S/C15H22N2OS/c1-11(18-2)15-16-14(10-19-15)9-17-7-12-5-3-4-6-13(12)8-17/h3-4,10-13H,5-9H2,1-2H3/t11-,12-,13+/m1/s1. The Kier molecular flexibility index (Phi) is 4.01. The van der Waals surface area contributed by atoms with Crippen molar-refractivity contribution in [3.63, 3.8) is 0 Å². The molecule has 0 N–H and O–H groups in total. The number of nitrogens with zero attached hydrogens (tertiary/aromatic N) is 2. The molecule has 19 heavy (non-hydrogen) atoms. The molecule has 4 heteroatoms. The number of hydrogen-bond acceptors (Lipinski definition) is 4. The molecule has 2 heterocycles. The van der Waals surface area contributed by atoms with Gasteiger partial charge in [-0.1, -0.05) is 12.2 Å². The van der Waals surface area contributed by atoms with Crippen molar-refractivity contribution in [1.29, 1.82) is 0 Å². The topological polar surface area (TPSA) is 25.4 Å². The van der Waals surface area contributed by atoms with E-state index in [1.54, 1.807) is 18.4 Å². The van der Waals surface area contributed by atoms with Gasteiger partial charge in [-0.05, 0) is 31.6 Å². The third-order valence-electron chi connectivity index (χ3n) is 4.35. The van der Waals surface area contributed by atoms with Gasteiger partial charge in [0.05, 0.1) is 5.69 Å². The van der Waals surface area contributed by atoms with E-state index >= 15 is 0 Å². The van der Waals surface area contributed by atoms with Crippen LogP contribution in [0.1, 0.15) is 36.6 Å². The lowest BCUT2D eigenvalue weighted by atomic mass is 9.86. The number of allylic oxidation sites excluding steroid dienone is 2. The predicted molar refractivity (Wildman–Crippen MR) is 78.2 cm³/mol. The van der Waals surface area contributed by atoms with E-state index in [0.717, 1.165) is 23.4 Å². The van der Waals surface area contributed by atoms with Crippen molar-refractivity contribution in [3.8, 4) is 0 Å². The van der Waals surface area contributed by atoms with Crippen LogP contribution in [0.5, 0.6) is 0 Å². The second kappa shape index (κ2) is 5.73. The first kappa shape index (κ1) is 13.3. The summed E-state index contributed by atoms with van der Waals surface area (Å²) < 4.78 is 5.32. The van der Waals surface area contributed by atoms with E-state index in [-0.39, 0.29) is 6.10 Å². The normalized spacial score (nSPS) is 28.5. The Bertz CT molecular complexity index is 441. The summed E-state index contributed by atoms with van der Waals surface area (Å²) in [5.74, 6) is 1.75. The fraction of sp³-hybridized carbons (Fsp3) is 0.667. The van der Waals surface area contributed by atoms with Crippen LogP contribution in [0.2, 0.25) is 0 Å². The van der Waals surface area contributed by atoms with Gasteiger partial charge in [0.1, 0.15) is 11.1 Å². The first-order valence-corrected chi connectivity index (χ1v) is 7.98. The van der Waals surface area contributed by atoms with Crippen LogP contribution in [0.4, 0.5) is 0 Å². The Hall–Kier alpha value is -0.710. The molecule has 3 nitrogen and oxygen atoms in total. The van der Waals surface area contributed by atoms with Crippen LogP contribution in [-0.2, 0) is 11.3 Å². The zero-order chi connectivity index (χ0) is 13.2. The molecule has 3 atom stereocenters. The molecular weight excluding hydrogens is 256 g/mol. The number of rotatable bonds is 4. The third-order valence-corrected chi connectivity index (χ3v) is 5.41. The zero-order valence-corrected chi connectivity index (χ0v) is 12.5. The lowest BCUT2D eigenvalue weighted by Gasteiger charge is -2.18. The number of hydrogen-bond donors (Lipinski definition) is 0. The second-order valence-electron chi connectivity index (χ2n) is 5.71. The van der Waals surface area contributed by atoms with Crippen molar-refractivity contribution in [2.75, 3.05) is 20.2 Å². The maximum Gasteiger partial charge on any atom is 0.122 e. The Labute approximate surface area is 119 Å². The van der Waals surface area contributed by atoms with Crippen molar-refractivity contribution in [1.82, 2.24) is 9.88 Å². The number of ether oxygens (including phenoxy) is 1. The van der Waals surface area contributed by atoms with Gasteiger partial charge >= 0.3 is 0 Å². The van der Waals surface area contributed by atoms with Crippen LogP contribution in [0.3, 0.4) is 0 Å². The van der Waals surface area contributed by atoms with Gasteiger partial charge in [-0.3, -0.25) is 4.90 Å². The Morgan fingerprint density at radius 3 is 2.68 bits per heavy atom. The molecule has 1 aliphatic heterocycles. The van der Waals surface area contributed by atoms with Gasteiger partial charge in [-0.25, -0.2) is 4.98 Å². The maximum atomic E-state index is 5.32. The molecule has 1 aromatic heterocycles. The summed E-state index contributed by atoms with van der Waals surface area (Å²) in [6.45, 7) is 5.53. The van der Waals surface area contributed by atoms with Gasteiger partial charge < -0.3 is 4.74 Å². The molecule has 3 rings (SSSR count). The first-order valence-electron chi connectivity index (χ1n) is 7.10. The Morgan fingerprint density at radius 1 is 1.37 bits per heavy atom. The third kappa shape index (κ3) is 2.91. The van der Waals surface area contributed by atoms with Crippen LogP contribution in [0, 0.1) is 11.8 Å².